The topological polar surface area (TPSA) is 47.6 Å². The first-order valence-corrected chi connectivity index (χ1v) is 13.1. The van der Waals surface area contributed by atoms with Crippen LogP contribution in [-0.2, 0) is 0 Å². The molecule has 2 heteroatoms. The number of hydrogen-bond acceptors (Lipinski definition) is 2. The molecule has 0 aliphatic heterocycles. The zero-order valence-corrected chi connectivity index (χ0v) is 21.8. The molecule has 6 rings (SSSR count). The van der Waals surface area contributed by atoms with Crippen LogP contribution in [0.25, 0.3) is 55.6 Å². The minimum atomic E-state index is 0.621. The molecule has 2 nitrogen and oxygen atoms in total. The first-order valence-electron chi connectivity index (χ1n) is 13.1. The molecule has 6 aromatic carbocycles. The van der Waals surface area contributed by atoms with E-state index in [0.29, 0.717) is 11.1 Å². The highest BCUT2D eigenvalue weighted by Crippen LogP contribution is 2.33. The molecule has 186 valence electrons. The van der Waals surface area contributed by atoms with E-state index < -0.39 is 0 Å². The molecule has 0 saturated carbocycles. The van der Waals surface area contributed by atoms with Gasteiger partial charge in [0.25, 0.3) is 0 Å². The van der Waals surface area contributed by atoms with Crippen LogP contribution in [0.4, 0.5) is 0 Å². The van der Waals surface area contributed by atoms with Crippen LogP contribution in [0.1, 0.15) is 11.1 Å². The van der Waals surface area contributed by atoms with Crippen molar-refractivity contribution in [2.75, 3.05) is 0 Å². The van der Waals surface area contributed by atoms with Crippen LogP contribution < -0.4 is 0 Å². The SMILES string of the molecule is N#Cc1cc(-c2ccccc2)cc(-c2ccc(-c3cc(C#N)cc(-c4cccc(-c5ccccc5)c4)c3)cc2)c1. The molecule has 0 bridgehead atoms. The molecule has 0 N–H and O–H groups in total. The average Bonchev–Trinajstić information content (AvgIpc) is 3.05. The zero-order chi connectivity index (χ0) is 27.3. The van der Waals surface area contributed by atoms with Crippen LogP contribution in [0.15, 0.2) is 146 Å². The van der Waals surface area contributed by atoms with Crippen molar-refractivity contribution >= 4 is 0 Å². The molecule has 0 fully saturated rings. The van der Waals surface area contributed by atoms with Crippen LogP contribution in [0, 0.1) is 22.7 Å². The lowest BCUT2D eigenvalue weighted by Gasteiger charge is -2.11. The predicted molar refractivity (Wildman–Crippen MR) is 163 cm³/mol. The smallest absolute Gasteiger partial charge is 0.0992 e. The van der Waals surface area contributed by atoms with Gasteiger partial charge in [-0.1, -0.05) is 103 Å². The average molecular weight is 509 g/mol. The van der Waals surface area contributed by atoms with Gasteiger partial charge in [-0.05, 0) is 98.1 Å². The molecule has 0 unspecified atom stereocenters. The van der Waals surface area contributed by atoms with Crippen LogP contribution in [-0.4, -0.2) is 0 Å². The fourth-order valence-corrected chi connectivity index (χ4v) is 5.05. The summed E-state index contributed by atoms with van der Waals surface area (Å²) in [6.07, 6.45) is 0. The molecule has 0 aromatic heterocycles. The summed E-state index contributed by atoms with van der Waals surface area (Å²) in [4.78, 5) is 0. The Morgan fingerprint density at radius 3 is 1.00 bits per heavy atom. The van der Waals surface area contributed by atoms with Crippen LogP contribution >= 0.6 is 0 Å². The number of hydrogen-bond donors (Lipinski definition) is 0. The molecule has 0 spiro atoms. The van der Waals surface area contributed by atoms with Crippen LogP contribution in [0.5, 0.6) is 0 Å². The number of nitrogens with zero attached hydrogens (tertiary/aromatic N) is 2. The minimum absolute atomic E-state index is 0.621. The Morgan fingerprint density at radius 1 is 0.275 bits per heavy atom. The lowest BCUT2D eigenvalue weighted by Crippen LogP contribution is -1.88. The summed E-state index contributed by atoms with van der Waals surface area (Å²) >= 11 is 0. The number of nitriles is 2. The monoisotopic (exact) mass is 508 g/mol. The molecule has 6 aromatic rings. The Hall–Kier alpha value is -5.70. The van der Waals surface area contributed by atoms with E-state index in [9.17, 15) is 10.5 Å². The van der Waals surface area contributed by atoms with Gasteiger partial charge < -0.3 is 0 Å². The van der Waals surface area contributed by atoms with E-state index >= 15 is 0 Å². The maximum Gasteiger partial charge on any atom is 0.0992 e. The van der Waals surface area contributed by atoms with E-state index in [1.807, 2.05) is 60.7 Å². The van der Waals surface area contributed by atoms with E-state index in [1.54, 1.807) is 0 Å². The van der Waals surface area contributed by atoms with E-state index in [1.165, 1.54) is 0 Å². The highest BCUT2D eigenvalue weighted by molar-refractivity contribution is 5.80. The number of benzene rings is 6. The second-order valence-electron chi connectivity index (χ2n) is 9.71. The van der Waals surface area contributed by atoms with Gasteiger partial charge in [0.2, 0.25) is 0 Å². The van der Waals surface area contributed by atoms with Crippen molar-refractivity contribution in [2.24, 2.45) is 0 Å². The molecular formula is C38H24N2. The maximum absolute atomic E-state index is 9.80. The zero-order valence-electron chi connectivity index (χ0n) is 21.8. The molecule has 0 atom stereocenters. The van der Waals surface area contributed by atoms with Crippen molar-refractivity contribution < 1.29 is 0 Å². The molecule has 0 saturated heterocycles. The summed E-state index contributed by atoms with van der Waals surface area (Å²) in [6, 6.07) is 53.8. The number of rotatable bonds is 5. The molecule has 0 amide bonds. The summed E-state index contributed by atoms with van der Waals surface area (Å²) in [7, 11) is 0. The molecular weight excluding hydrogens is 484 g/mol. The Morgan fingerprint density at radius 2 is 0.575 bits per heavy atom. The van der Waals surface area contributed by atoms with Crippen molar-refractivity contribution in [3.63, 3.8) is 0 Å². The van der Waals surface area contributed by atoms with Gasteiger partial charge in [0.05, 0.1) is 23.3 Å². The van der Waals surface area contributed by atoms with Crippen molar-refractivity contribution in [1.29, 1.82) is 10.5 Å². The van der Waals surface area contributed by atoms with E-state index in [-0.39, 0.29) is 0 Å². The lowest BCUT2D eigenvalue weighted by molar-refractivity contribution is 1.47. The third-order valence-corrected chi connectivity index (χ3v) is 7.09. The Kier molecular flexibility index (Phi) is 6.75. The Balaban J connectivity index is 1.36. The molecule has 0 radical (unpaired) electrons. The van der Waals surface area contributed by atoms with Crippen LogP contribution in [0.2, 0.25) is 0 Å². The molecule has 0 aliphatic carbocycles. The first kappa shape index (κ1) is 24.6. The highest BCUT2D eigenvalue weighted by Gasteiger charge is 2.09. The Labute approximate surface area is 234 Å². The lowest BCUT2D eigenvalue weighted by atomic mass is 9.93. The second-order valence-corrected chi connectivity index (χ2v) is 9.71. The fraction of sp³-hybridized carbons (Fsp3) is 0. The standard InChI is InChI=1S/C38H24N2/c39-25-27-18-35(30-10-5-2-6-11-30)23-36(19-27)31-14-16-32(17-15-31)37-20-28(26-40)21-38(24-37)34-13-7-12-33(22-34)29-8-3-1-4-9-29/h1-24H. The normalized spacial score (nSPS) is 10.4. The summed E-state index contributed by atoms with van der Waals surface area (Å²) in [5.41, 5.74) is 11.8. The van der Waals surface area contributed by atoms with E-state index in [2.05, 4.69) is 97.1 Å². The molecule has 40 heavy (non-hydrogen) atoms. The molecule has 0 heterocycles. The predicted octanol–water partition coefficient (Wildman–Crippen LogP) is 9.76. The summed E-state index contributed by atoms with van der Waals surface area (Å²) in [5.74, 6) is 0. The quantitative estimate of drug-likeness (QED) is 0.233. The van der Waals surface area contributed by atoms with Crippen molar-refractivity contribution in [2.45, 2.75) is 0 Å². The fourth-order valence-electron chi connectivity index (χ4n) is 5.05. The van der Waals surface area contributed by atoms with Gasteiger partial charge in [0.1, 0.15) is 0 Å². The van der Waals surface area contributed by atoms with Gasteiger partial charge in [-0.2, -0.15) is 10.5 Å². The third kappa shape index (κ3) is 5.16. The van der Waals surface area contributed by atoms with Crippen molar-refractivity contribution in [3.05, 3.63) is 157 Å². The van der Waals surface area contributed by atoms with Crippen LogP contribution in [0.3, 0.4) is 0 Å². The van der Waals surface area contributed by atoms with Crippen molar-refractivity contribution in [1.82, 2.24) is 0 Å². The van der Waals surface area contributed by atoms with Gasteiger partial charge in [-0.25, -0.2) is 0 Å². The van der Waals surface area contributed by atoms with Crippen molar-refractivity contribution in [3.8, 4) is 67.8 Å². The van der Waals surface area contributed by atoms with Gasteiger partial charge in [-0.3, -0.25) is 0 Å². The molecule has 0 aliphatic rings. The highest BCUT2D eigenvalue weighted by atomic mass is 14.2. The largest absolute Gasteiger partial charge is 0.192 e. The summed E-state index contributed by atoms with van der Waals surface area (Å²) in [5, 5.41) is 19.4. The van der Waals surface area contributed by atoms with Gasteiger partial charge in [0, 0.05) is 0 Å². The van der Waals surface area contributed by atoms with Gasteiger partial charge >= 0.3 is 0 Å². The van der Waals surface area contributed by atoms with Gasteiger partial charge in [-0.15, -0.1) is 0 Å². The van der Waals surface area contributed by atoms with E-state index in [4.69, 9.17) is 0 Å². The Bertz CT molecular complexity index is 1890. The summed E-state index contributed by atoms with van der Waals surface area (Å²) in [6.45, 7) is 0. The maximum atomic E-state index is 9.80. The minimum Gasteiger partial charge on any atom is -0.192 e. The van der Waals surface area contributed by atoms with E-state index in [0.717, 1.165) is 55.6 Å². The first-order chi connectivity index (χ1) is 19.7. The summed E-state index contributed by atoms with van der Waals surface area (Å²) < 4.78 is 0. The van der Waals surface area contributed by atoms with Gasteiger partial charge in [0.15, 0.2) is 0 Å². The second kappa shape index (κ2) is 11.0. The third-order valence-electron chi connectivity index (χ3n) is 7.09.